The Morgan fingerprint density at radius 1 is 1.16 bits per heavy atom. The van der Waals surface area contributed by atoms with Crippen LogP contribution in [-0.4, -0.2) is 23.2 Å². The van der Waals surface area contributed by atoms with Gasteiger partial charge >= 0.3 is 0 Å². The molecule has 2 aliphatic rings. The molecule has 4 rings (SSSR count). The van der Waals surface area contributed by atoms with Crippen molar-refractivity contribution >= 4 is 46.3 Å². The lowest BCUT2D eigenvalue weighted by Gasteiger charge is -2.38. The number of allylic oxidation sites excluding steroid dienone is 2. The third kappa shape index (κ3) is 3.98. The molecule has 0 aromatic heterocycles. The summed E-state index contributed by atoms with van der Waals surface area (Å²) in [5.74, 6) is -0.588. The molecule has 0 fully saturated rings. The number of ether oxygens (including phenoxy) is 1. The Bertz CT molecular complexity index is 1160. The van der Waals surface area contributed by atoms with Gasteiger partial charge in [-0.3, -0.25) is 24.6 Å². The van der Waals surface area contributed by atoms with E-state index in [-0.39, 0.29) is 29.5 Å². The molecule has 1 atom stereocenters. The molecule has 0 bridgehead atoms. The van der Waals surface area contributed by atoms with Crippen LogP contribution in [0.3, 0.4) is 0 Å². The molecule has 32 heavy (non-hydrogen) atoms. The second-order valence-corrected chi connectivity index (χ2v) is 8.47. The van der Waals surface area contributed by atoms with Gasteiger partial charge in [0, 0.05) is 40.1 Å². The third-order valence-electron chi connectivity index (χ3n) is 5.71. The number of Topliss-reactive ketones (excluding diaryl/α,β-unsaturated/α-hetero) is 1. The van der Waals surface area contributed by atoms with Crippen LogP contribution in [-0.2, 0) is 9.59 Å². The topological polar surface area (TPSA) is 89.8 Å². The van der Waals surface area contributed by atoms with E-state index in [1.807, 2.05) is 0 Å². The number of benzene rings is 2. The lowest BCUT2D eigenvalue weighted by Crippen LogP contribution is -2.40. The van der Waals surface area contributed by atoms with Crippen molar-refractivity contribution in [3.8, 4) is 5.75 Å². The second kappa shape index (κ2) is 8.92. The molecule has 1 aliphatic carbocycles. The van der Waals surface area contributed by atoms with Gasteiger partial charge in [0.1, 0.15) is 11.4 Å². The Hall–Kier alpha value is -2.90. The Morgan fingerprint density at radius 2 is 1.94 bits per heavy atom. The molecular weight excluding hydrogens is 455 g/mol. The van der Waals surface area contributed by atoms with Gasteiger partial charge < -0.3 is 4.74 Å². The van der Waals surface area contributed by atoms with Crippen LogP contribution in [0.1, 0.15) is 44.1 Å². The Labute approximate surface area is 194 Å². The first kappa shape index (κ1) is 22.3. The quantitative estimate of drug-likeness (QED) is 0.401. The number of carbonyl (C=O) groups excluding carboxylic acids is 2. The molecule has 0 spiro atoms. The van der Waals surface area contributed by atoms with Gasteiger partial charge in [0.05, 0.1) is 17.6 Å². The average Bonchev–Trinajstić information content (AvgIpc) is 2.74. The molecule has 1 heterocycles. The van der Waals surface area contributed by atoms with E-state index >= 15 is 0 Å². The van der Waals surface area contributed by atoms with Crippen LogP contribution in [0.15, 0.2) is 47.7 Å². The van der Waals surface area contributed by atoms with Crippen LogP contribution >= 0.6 is 23.2 Å². The summed E-state index contributed by atoms with van der Waals surface area (Å²) in [4.78, 5) is 39.0. The minimum absolute atomic E-state index is 0.0315. The van der Waals surface area contributed by atoms with Crippen molar-refractivity contribution in [2.75, 3.05) is 11.5 Å². The number of nitro groups is 1. The minimum Gasteiger partial charge on any atom is -0.494 e. The van der Waals surface area contributed by atoms with Gasteiger partial charge in [0.2, 0.25) is 5.91 Å². The lowest BCUT2D eigenvalue weighted by atomic mass is 9.77. The third-order valence-corrected chi connectivity index (χ3v) is 6.27. The van der Waals surface area contributed by atoms with E-state index in [4.69, 9.17) is 27.9 Å². The van der Waals surface area contributed by atoms with E-state index in [0.29, 0.717) is 58.5 Å². The van der Waals surface area contributed by atoms with E-state index in [2.05, 4.69) is 0 Å². The van der Waals surface area contributed by atoms with Crippen LogP contribution in [0.25, 0.3) is 0 Å². The van der Waals surface area contributed by atoms with E-state index in [0.717, 1.165) is 0 Å². The Morgan fingerprint density at radius 3 is 2.62 bits per heavy atom. The normalized spacial score (nSPS) is 18.6. The summed E-state index contributed by atoms with van der Waals surface area (Å²) in [7, 11) is 0. The standard InChI is InChI=1S/C23H20Cl2N2O5/c1-2-32-14-7-9-18(20(11-14)27(30)31)26-19-4-3-5-21(28)23(19)16(12-22(26)29)15-8-6-13(24)10-17(15)25/h6-11,16H,2-5,12H2,1H3. The maximum Gasteiger partial charge on any atom is 0.297 e. The van der Waals surface area contributed by atoms with Crippen molar-refractivity contribution in [3.05, 3.63) is 73.4 Å². The zero-order chi connectivity index (χ0) is 23.0. The molecule has 0 saturated carbocycles. The van der Waals surface area contributed by atoms with E-state index in [1.165, 1.54) is 17.0 Å². The molecule has 0 N–H and O–H groups in total. The van der Waals surface area contributed by atoms with Crippen molar-refractivity contribution in [2.24, 2.45) is 0 Å². The monoisotopic (exact) mass is 474 g/mol. The molecule has 2 aromatic carbocycles. The number of ketones is 1. The average molecular weight is 475 g/mol. The van der Waals surface area contributed by atoms with E-state index < -0.39 is 10.8 Å². The number of hydrogen-bond donors (Lipinski definition) is 0. The van der Waals surface area contributed by atoms with Crippen molar-refractivity contribution in [1.29, 1.82) is 0 Å². The smallest absolute Gasteiger partial charge is 0.297 e. The summed E-state index contributed by atoms with van der Waals surface area (Å²) in [6, 6.07) is 9.38. The number of nitro benzene ring substituents is 1. The van der Waals surface area contributed by atoms with Gasteiger partial charge in [-0.15, -0.1) is 0 Å². The SMILES string of the molecule is CCOc1ccc(N2C(=O)CC(c3ccc(Cl)cc3Cl)C3=C2CCCC3=O)c([N+](=O)[O-])c1. The summed E-state index contributed by atoms with van der Waals surface area (Å²) >= 11 is 12.4. The number of hydrogen-bond acceptors (Lipinski definition) is 5. The van der Waals surface area contributed by atoms with Crippen molar-refractivity contribution in [2.45, 2.75) is 38.5 Å². The highest BCUT2D eigenvalue weighted by Crippen LogP contribution is 2.47. The Kier molecular flexibility index (Phi) is 6.22. The molecule has 1 amide bonds. The molecule has 166 valence electrons. The molecule has 7 nitrogen and oxygen atoms in total. The molecule has 1 unspecified atom stereocenters. The number of rotatable bonds is 5. The maximum absolute atomic E-state index is 13.4. The summed E-state index contributed by atoms with van der Waals surface area (Å²) in [5.41, 5.74) is 1.51. The Balaban J connectivity index is 1.89. The van der Waals surface area contributed by atoms with Gasteiger partial charge in [-0.2, -0.15) is 0 Å². The van der Waals surface area contributed by atoms with Gasteiger partial charge in [-0.1, -0.05) is 29.3 Å². The highest BCUT2D eigenvalue weighted by molar-refractivity contribution is 6.35. The zero-order valence-corrected chi connectivity index (χ0v) is 18.8. The molecule has 2 aromatic rings. The number of halogens is 2. The highest BCUT2D eigenvalue weighted by atomic mass is 35.5. The van der Waals surface area contributed by atoms with Crippen molar-refractivity contribution < 1.29 is 19.2 Å². The van der Waals surface area contributed by atoms with Crippen molar-refractivity contribution in [1.82, 2.24) is 0 Å². The largest absolute Gasteiger partial charge is 0.494 e. The van der Waals surface area contributed by atoms with Gasteiger partial charge in [-0.05, 0) is 49.6 Å². The number of anilines is 1. The minimum atomic E-state index is -0.543. The molecule has 9 heteroatoms. The van der Waals surface area contributed by atoms with E-state index in [9.17, 15) is 19.7 Å². The van der Waals surface area contributed by atoms with Gasteiger partial charge in [-0.25, -0.2) is 0 Å². The van der Waals surface area contributed by atoms with E-state index in [1.54, 1.807) is 31.2 Å². The van der Waals surface area contributed by atoms with Crippen LogP contribution in [0, 0.1) is 10.1 Å². The van der Waals surface area contributed by atoms with Gasteiger partial charge in [0.25, 0.3) is 5.69 Å². The number of carbonyl (C=O) groups is 2. The van der Waals surface area contributed by atoms with Crippen LogP contribution in [0.2, 0.25) is 10.0 Å². The van der Waals surface area contributed by atoms with Gasteiger partial charge in [0.15, 0.2) is 5.78 Å². The first-order chi connectivity index (χ1) is 15.3. The van der Waals surface area contributed by atoms with Crippen LogP contribution in [0.5, 0.6) is 5.75 Å². The lowest BCUT2D eigenvalue weighted by molar-refractivity contribution is -0.384. The molecule has 0 radical (unpaired) electrons. The second-order valence-electron chi connectivity index (χ2n) is 7.63. The fourth-order valence-electron chi connectivity index (χ4n) is 4.42. The predicted molar refractivity (Wildman–Crippen MR) is 121 cm³/mol. The fourth-order valence-corrected chi connectivity index (χ4v) is 4.96. The summed E-state index contributed by atoms with van der Waals surface area (Å²) < 4.78 is 5.39. The molecule has 1 aliphatic heterocycles. The number of amides is 1. The maximum atomic E-state index is 13.4. The zero-order valence-electron chi connectivity index (χ0n) is 17.3. The summed E-state index contributed by atoms with van der Waals surface area (Å²) in [5, 5.41) is 12.6. The first-order valence-electron chi connectivity index (χ1n) is 10.3. The summed E-state index contributed by atoms with van der Waals surface area (Å²) in [6.07, 6.45) is 1.34. The number of nitrogens with zero attached hydrogens (tertiary/aromatic N) is 2. The molecule has 0 saturated heterocycles. The first-order valence-corrected chi connectivity index (χ1v) is 11.0. The summed E-state index contributed by atoms with van der Waals surface area (Å²) in [6.45, 7) is 2.13. The molecular formula is C23H20Cl2N2O5. The van der Waals surface area contributed by atoms with Crippen LogP contribution < -0.4 is 9.64 Å². The predicted octanol–water partition coefficient (Wildman–Crippen LogP) is 5.83. The highest BCUT2D eigenvalue weighted by Gasteiger charge is 2.42. The fraction of sp³-hybridized carbons (Fsp3) is 0.304. The van der Waals surface area contributed by atoms with Crippen LogP contribution in [0.4, 0.5) is 11.4 Å². The van der Waals surface area contributed by atoms with Crippen molar-refractivity contribution in [3.63, 3.8) is 0 Å².